The van der Waals surface area contributed by atoms with Crippen molar-refractivity contribution in [3.8, 4) is 0 Å². The topological polar surface area (TPSA) is 38.3 Å². The summed E-state index contributed by atoms with van der Waals surface area (Å²) < 4.78 is 5.73. The minimum Gasteiger partial charge on any atom is -0.374 e. The van der Waals surface area contributed by atoms with Gasteiger partial charge in [-0.15, -0.1) is 11.6 Å². The molecule has 0 radical (unpaired) electrons. The number of hydrogen-bond acceptors (Lipinski definition) is 2. The Labute approximate surface area is 115 Å². The second-order valence-electron chi connectivity index (χ2n) is 5.85. The Kier molecular flexibility index (Phi) is 4.54. The molecule has 2 rings (SSSR count). The fraction of sp³-hybridized carbons (Fsp3) is 0.929. The first-order valence-electron chi connectivity index (χ1n) is 7.10. The van der Waals surface area contributed by atoms with E-state index in [4.69, 9.17) is 16.3 Å². The molecule has 0 spiro atoms. The molecule has 104 valence electrons. The summed E-state index contributed by atoms with van der Waals surface area (Å²) in [7, 11) is 0. The Bertz CT molecular complexity index is 310. The predicted octanol–water partition coefficient (Wildman–Crippen LogP) is 2.71. The number of carbonyl (C=O) groups is 1. The molecule has 6 atom stereocenters. The summed E-state index contributed by atoms with van der Waals surface area (Å²) in [4.78, 5) is 12.4. The molecule has 0 aromatic carbocycles. The number of rotatable bonds is 2. The van der Waals surface area contributed by atoms with Gasteiger partial charge in [0.2, 0.25) is 5.91 Å². The van der Waals surface area contributed by atoms with E-state index in [0.717, 1.165) is 19.3 Å². The molecule has 4 heteroatoms. The van der Waals surface area contributed by atoms with Gasteiger partial charge in [0.05, 0.1) is 23.5 Å². The van der Waals surface area contributed by atoms with Crippen LogP contribution in [0.15, 0.2) is 0 Å². The van der Waals surface area contributed by atoms with Crippen LogP contribution in [-0.2, 0) is 9.53 Å². The molecule has 0 bridgehead atoms. The van der Waals surface area contributed by atoms with Crippen LogP contribution >= 0.6 is 11.6 Å². The lowest BCUT2D eigenvalue weighted by molar-refractivity contribution is -0.128. The van der Waals surface area contributed by atoms with Gasteiger partial charge in [-0.25, -0.2) is 0 Å². The Hall–Kier alpha value is -0.280. The van der Waals surface area contributed by atoms with E-state index >= 15 is 0 Å². The van der Waals surface area contributed by atoms with Gasteiger partial charge < -0.3 is 10.1 Å². The smallest absolute Gasteiger partial charge is 0.226 e. The van der Waals surface area contributed by atoms with Gasteiger partial charge in [0.1, 0.15) is 0 Å². The number of nitrogens with one attached hydrogen (secondary N) is 1. The molecular formula is C14H24ClNO2. The molecule has 2 aliphatic rings. The summed E-state index contributed by atoms with van der Waals surface area (Å²) in [5.41, 5.74) is 0. The van der Waals surface area contributed by atoms with Gasteiger partial charge >= 0.3 is 0 Å². The predicted molar refractivity (Wildman–Crippen MR) is 72.7 cm³/mol. The molecule has 1 heterocycles. The van der Waals surface area contributed by atoms with Crippen LogP contribution in [0.1, 0.15) is 46.5 Å². The lowest BCUT2D eigenvalue weighted by atomic mass is 9.87. The van der Waals surface area contributed by atoms with Crippen molar-refractivity contribution in [2.75, 3.05) is 0 Å². The molecule has 18 heavy (non-hydrogen) atoms. The highest BCUT2D eigenvalue weighted by Crippen LogP contribution is 2.33. The number of halogens is 1. The van der Waals surface area contributed by atoms with Gasteiger partial charge in [0, 0.05) is 6.04 Å². The van der Waals surface area contributed by atoms with E-state index in [0.29, 0.717) is 0 Å². The second kappa shape index (κ2) is 5.79. The Morgan fingerprint density at radius 2 is 1.83 bits per heavy atom. The Morgan fingerprint density at radius 1 is 1.17 bits per heavy atom. The molecule has 0 aromatic heterocycles. The third-order valence-electron chi connectivity index (χ3n) is 4.55. The minimum absolute atomic E-state index is 0.00682. The summed E-state index contributed by atoms with van der Waals surface area (Å²) in [6.07, 6.45) is 4.52. The van der Waals surface area contributed by atoms with Crippen molar-refractivity contribution in [1.82, 2.24) is 5.32 Å². The zero-order valence-corrected chi connectivity index (χ0v) is 12.2. The molecule has 1 N–H and O–H groups in total. The molecular weight excluding hydrogens is 250 g/mol. The Balaban J connectivity index is 1.95. The first kappa shape index (κ1) is 14.1. The molecule has 1 saturated heterocycles. The van der Waals surface area contributed by atoms with Crippen LogP contribution < -0.4 is 5.32 Å². The van der Waals surface area contributed by atoms with E-state index in [9.17, 15) is 4.79 Å². The van der Waals surface area contributed by atoms with Crippen LogP contribution in [0.2, 0.25) is 0 Å². The van der Waals surface area contributed by atoms with Gasteiger partial charge in [-0.1, -0.05) is 19.8 Å². The number of hydrogen-bond donors (Lipinski definition) is 1. The highest BCUT2D eigenvalue weighted by atomic mass is 35.5. The average Bonchev–Trinajstić information content (AvgIpc) is 2.56. The van der Waals surface area contributed by atoms with Crippen molar-refractivity contribution >= 4 is 17.5 Å². The maximum absolute atomic E-state index is 12.4. The lowest BCUT2D eigenvalue weighted by Gasteiger charge is -2.30. The number of amides is 1. The van der Waals surface area contributed by atoms with Gasteiger partial charge in [-0.3, -0.25) is 4.79 Å². The van der Waals surface area contributed by atoms with E-state index < -0.39 is 0 Å². The van der Waals surface area contributed by atoms with Crippen molar-refractivity contribution in [3.63, 3.8) is 0 Å². The third kappa shape index (κ3) is 2.83. The first-order valence-corrected chi connectivity index (χ1v) is 7.54. The number of alkyl halides is 1. The van der Waals surface area contributed by atoms with Gasteiger partial charge in [0.15, 0.2) is 0 Å². The summed E-state index contributed by atoms with van der Waals surface area (Å²) in [6, 6.07) is 0.142. The van der Waals surface area contributed by atoms with Crippen LogP contribution in [0, 0.1) is 11.8 Å². The first-order chi connectivity index (χ1) is 8.50. The van der Waals surface area contributed by atoms with Crippen LogP contribution in [0.4, 0.5) is 0 Å². The van der Waals surface area contributed by atoms with Crippen LogP contribution in [-0.4, -0.2) is 29.5 Å². The van der Waals surface area contributed by atoms with Gasteiger partial charge in [-0.05, 0) is 32.6 Å². The zero-order valence-electron chi connectivity index (χ0n) is 11.5. The second-order valence-corrected chi connectivity index (χ2v) is 6.41. The van der Waals surface area contributed by atoms with E-state index in [1.54, 1.807) is 0 Å². The SMILES string of the molecule is CC1OC(C)C(C(=O)NC2CCCCC2Cl)C1C. The Morgan fingerprint density at radius 3 is 2.39 bits per heavy atom. The van der Waals surface area contributed by atoms with E-state index in [2.05, 4.69) is 12.2 Å². The molecule has 0 aromatic rings. The van der Waals surface area contributed by atoms with E-state index in [-0.39, 0.29) is 41.4 Å². The quantitative estimate of drug-likeness (QED) is 0.786. The highest BCUT2D eigenvalue weighted by molar-refractivity contribution is 6.21. The summed E-state index contributed by atoms with van der Waals surface area (Å²) in [6.45, 7) is 6.13. The van der Waals surface area contributed by atoms with Crippen molar-refractivity contribution in [3.05, 3.63) is 0 Å². The van der Waals surface area contributed by atoms with Crippen molar-refractivity contribution in [1.29, 1.82) is 0 Å². The highest BCUT2D eigenvalue weighted by Gasteiger charge is 2.42. The van der Waals surface area contributed by atoms with Gasteiger partial charge in [0.25, 0.3) is 0 Å². The summed E-state index contributed by atoms with van der Waals surface area (Å²) >= 11 is 6.29. The zero-order chi connectivity index (χ0) is 13.3. The summed E-state index contributed by atoms with van der Waals surface area (Å²) in [5.74, 6) is 0.361. The van der Waals surface area contributed by atoms with E-state index in [1.165, 1.54) is 6.42 Å². The van der Waals surface area contributed by atoms with E-state index in [1.807, 2.05) is 13.8 Å². The molecule has 1 aliphatic carbocycles. The third-order valence-corrected chi connectivity index (χ3v) is 5.08. The van der Waals surface area contributed by atoms with Crippen molar-refractivity contribution in [2.24, 2.45) is 11.8 Å². The monoisotopic (exact) mass is 273 g/mol. The molecule has 3 nitrogen and oxygen atoms in total. The molecule has 1 amide bonds. The summed E-state index contributed by atoms with van der Waals surface area (Å²) in [5, 5.41) is 3.23. The lowest BCUT2D eigenvalue weighted by Crippen LogP contribution is -2.47. The normalized spacial score (nSPS) is 44.9. The minimum atomic E-state index is -0.0363. The van der Waals surface area contributed by atoms with Crippen LogP contribution in [0.3, 0.4) is 0 Å². The molecule has 2 fully saturated rings. The largest absolute Gasteiger partial charge is 0.374 e. The number of carbonyl (C=O) groups excluding carboxylic acids is 1. The van der Waals surface area contributed by atoms with Crippen molar-refractivity contribution in [2.45, 2.75) is 70.1 Å². The fourth-order valence-electron chi connectivity index (χ4n) is 3.25. The maximum atomic E-state index is 12.4. The fourth-order valence-corrected chi connectivity index (χ4v) is 3.59. The molecule has 6 unspecified atom stereocenters. The van der Waals surface area contributed by atoms with Crippen LogP contribution in [0.5, 0.6) is 0 Å². The van der Waals surface area contributed by atoms with Crippen LogP contribution in [0.25, 0.3) is 0 Å². The maximum Gasteiger partial charge on any atom is 0.226 e. The molecule has 1 saturated carbocycles. The molecule has 1 aliphatic heterocycles. The van der Waals surface area contributed by atoms with Crippen molar-refractivity contribution < 1.29 is 9.53 Å². The standard InChI is InChI=1S/C14H24ClNO2/c1-8-9(2)18-10(3)13(8)14(17)16-12-7-5-4-6-11(12)15/h8-13H,4-7H2,1-3H3,(H,16,17). The van der Waals surface area contributed by atoms with Gasteiger partial charge in [-0.2, -0.15) is 0 Å². The average molecular weight is 274 g/mol. The number of ether oxygens (including phenoxy) is 1.